The summed E-state index contributed by atoms with van der Waals surface area (Å²) in [6, 6.07) is 12.3. The number of aromatic nitrogens is 1. The fraction of sp³-hybridized carbons (Fsp3) is 0. The van der Waals surface area contributed by atoms with E-state index < -0.39 is 0 Å². The monoisotopic (exact) mass is 234 g/mol. The molecule has 1 aromatic carbocycles. The molecule has 0 N–H and O–H groups in total. The van der Waals surface area contributed by atoms with Crippen LogP contribution in [0.15, 0.2) is 54.9 Å². The Labute approximate surface area is 105 Å². The second kappa shape index (κ2) is 5.55. The molecule has 0 saturated heterocycles. The lowest BCUT2D eigenvalue weighted by Gasteiger charge is -1.96. The Hall–Kier alpha value is -2.73. The van der Waals surface area contributed by atoms with Crippen LogP contribution in [0.3, 0.4) is 0 Å². The number of carbonyl (C=O) groups excluding carboxylic acids is 1. The maximum Gasteiger partial charge on any atom is 0.185 e. The topological polar surface area (TPSA) is 53.8 Å². The molecule has 1 heterocycles. The molecule has 0 aliphatic heterocycles. The highest BCUT2D eigenvalue weighted by molar-refractivity contribution is 6.06. The molecule has 0 radical (unpaired) electrons. The Morgan fingerprint density at radius 3 is 2.89 bits per heavy atom. The van der Waals surface area contributed by atoms with Crippen LogP contribution in [0, 0.1) is 11.3 Å². The van der Waals surface area contributed by atoms with E-state index >= 15 is 0 Å². The second-order valence-electron chi connectivity index (χ2n) is 3.68. The normalized spacial score (nSPS) is 10.2. The van der Waals surface area contributed by atoms with E-state index in [1.54, 1.807) is 48.8 Å². The van der Waals surface area contributed by atoms with E-state index in [0.717, 1.165) is 5.56 Å². The summed E-state index contributed by atoms with van der Waals surface area (Å²) >= 11 is 0. The van der Waals surface area contributed by atoms with Crippen LogP contribution in [-0.4, -0.2) is 10.8 Å². The van der Waals surface area contributed by atoms with Crippen LogP contribution < -0.4 is 0 Å². The molecule has 0 unspecified atom stereocenters. The summed E-state index contributed by atoms with van der Waals surface area (Å²) in [6.07, 6.45) is 6.53. The van der Waals surface area contributed by atoms with Crippen molar-refractivity contribution in [3.8, 4) is 6.07 Å². The molecule has 0 saturated carbocycles. The molecule has 0 bridgehead atoms. The molecule has 3 heteroatoms. The number of hydrogen-bond acceptors (Lipinski definition) is 3. The van der Waals surface area contributed by atoms with Crippen LogP contribution in [0.2, 0.25) is 0 Å². The van der Waals surface area contributed by atoms with Crippen molar-refractivity contribution in [1.29, 1.82) is 5.26 Å². The maximum atomic E-state index is 11.9. The summed E-state index contributed by atoms with van der Waals surface area (Å²) in [6.45, 7) is 0. The third-order valence-corrected chi connectivity index (χ3v) is 2.39. The summed E-state index contributed by atoms with van der Waals surface area (Å²) in [4.78, 5) is 15.8. The van der Waals surface area contributed by atoms with Gasteiger partial charge >= 0.3 is 0 Å². The minimum atomic E-state index is -0.129. The highest BCUT2D eigenvalue weighted by Gasteiger charge is 2.02. The van der Waals surface area contributed by atoms with Crippen molar-refractivity contribution in [2.45, 2.75) is 0 Å². The van der Waals surface area contributed by atoms with Gasteiger partial charge in [-0.15, -0.1) is 0 Å². The van der Waals surface area contributed by atoms with Gasteiger partial charge in [-0.3, -0.25) is 9.78 Å². The summed E-state index contributed by atoms with van der Waals surface area (Å²) in [7, 11) is 0. The van der Waals surface area contributed by atoms with Gasteiger partial charge in [0.25, 0.3) is 0 Å². The van der Waals surface area contributed by atoms with Gasteiger partial charge in [-0.25, -0.2) is 0 Å². The van der Waals surface area contributed by atoms with Crippen molar-refractivity contribution < 1.29 is 4.79 Å². The molecular weight excluding hydrogens is 224 g/mol. The second-order valence-corrected chi connectivity index (χ2v) is 3.68. The lowest BCUT2D eigenvalue weighted by atomic mass is 10.1. The first-order chi connectivity index (χ1) is 8.79. The molecular formula is C15H10N2O. The summed E-state index contributed by atoms with van der Waals surface area (Å²) in [5.41, 5.74) is 1.85. The highest BCUT2D eigenvalue weighted by Crippen LogP contribution is 2.07. The van der Waals surface area contributed by atoms with E-state index in [0.29, 0.717) is 11.1 Å². The zero-order chi connectivity index (χ0) is 12.8. The first-order valence-corrected chi connectivity index (χ1v) is 5.42. The van der Waals surface area contributed by atoms with Crippen molar-refractivity contribution in [1.82, 2.24) is 4.98 Å². The molecule has 2 aromatic rings. The number of allylic oxidation sites excluding steroid dienone is 1. The van der Waals surface area contributed by atoms with Crippen LogP contribution in [-0.2, 0) is 0 Å². The molecule has 1 aromatic heterocycles. The van der Waals surface area contributed by atoms with Gasteiger partial charge < -0.3 is 0 Å². The fourth-order valence-corrected chi connectivity index (χ4v) is 1.48. The number of nitrogens with zero attached hydrogens (tertiary/aromatic N) is 2. The Morgan fingerprint density at radius 2 is 2.17 bits per heavy atom. The Balaban J connectivity index is 2.18. The van der Waals surface area contributed by atoms with Crippen molar-refractivity contribution in [3.05, 3.63) is 71.6 Å². The number of pyridine rings is 1. The molecule has 0 aliphatic carbocycles. The molecule has 18 heavy (non-hydrogen) atoms. The van der Waals surface area contributed by atoms with E-state index in [1.165, 1.54) is 6.08 Å². The van der Waals surface area contributed by atoms with Gasteiger partial charge in [0.2, 0.25) is 0 Å². The van der Waals surface area contributed by atoms with Crippen LogP contribution in [0.5, 0.6) is 0 Å². The molecule has 0 atom stereocenters. The number of benzene rings is 1. The molecule has 0 aliphatic rings. The lowest BCUT2D eigenvalue weighted by molar-refractivity contribution is 0.104. The van der Waals surface area contributed by atoms with Gasteiger partial charge in [-0.1, -0.05) is 18.2 Å². The first kappa shape index (κ1) is 11.7. The molecule has 0 fully saturated rings. The minimum Gasteiger partial charge on any atom is -0.289 e. The van der Waals surface area contributed by atoms with E-state index in [4.69, 9.17) is 5.26 Å². The molecule has 2 rings (SSSR count). The van der Waals surface area contributed by atoms with Gasteiger partial charge in [-0.05, 0) is 35.9 Å². The number of nitriles is 1. The van der Waals surface area contributed by atoms with Gasteiger partial charge in [0.05, 0.1) is 11.6 Å². The lowest BCUT2D eigenvalue weighted by Crippen LogP contribution is -1.94. The van der Waals surface area contributed by atoms with E-state index in [2.05, 4.69) is 4.98 Å². The number of ketones is 1. The predicted molar refractivity (Wildman–Crippen MR) is 68.8 cm³/mol. The number of carbonyl (C=O) groups is 1. The van der Waals surface area contributed by atoms with E-state index in [-0.39, 0.29) is 5.78 Å². The first-order valence-electron chi connectivity index (χ1n) is 5.42. The average Bonchev–Trinajstić information content (AvgIpc) is 2.46. The van der Waals surface area contributed by atoms with Crippen LogP contribution in [0.25, 0.3) is 6.08 Å². The SMILES string of the molecule is N#Cc1cccc(C(=O)C=Cc2cccnc2)c1. The Bertz CT molecular complexity index is 624. The van der Waals surface area contributed by atoms with E-state index in [9.17, 15) is 4.79 Å². The Morgan fingerprint density at radius 1 is 1.28 bits per heavy atom. The quantitative estimate of drug-likeness (QED) is 0.606. The number of hydrogen-bond donors (Lipinski definition) is 0. The summed E-state index contributed by atoms with van der Waals surface area (Å²) < 4.78 is 0. The van der Waals surface area contributed by atoms with E-state index in [1.807, 2.05) is 12.1 Å². The zero-order valence-corrected chi connectivity index (χ0v) is 9.58. The molecule has 0 amide bonds. The van der Waals surface area contributed by atoms with Crippen molar-refractivity contribution in [2.24, 2.45) is 0 Å². The minimum absolute atomic E-state index is 0.129. The molecule has 0 spiro atoms. The van der Waals surface area contributed by atoms with Gasteiger partial charge in [0.15, 0.2) is 5.78 Å². The number of rotatable bonds is 3. The predicted octanol–water partition coefficient (Wildman–Crippen LogP) is 2.85. The van der Waals surface area contributed by atoms with Crippen LogP contribution >= 0.6 is 0 Å². The fourth-order valence-electron chi connectivity index (χ4n) is 1.48. The third-order valence-electron chi connectivity index (χ3n) is 2.39. The van der Waals surface area contributed by atoms with Gasteiger partial charge in [0.1, 0.15) is 0 Å². The molecule has 3 nitrogen and oxygen atoms in total. The standard InChI is InChI=1S/C15H10N2O/c16-10-13-3-1-5-14(9-13)15(18)7-6-12-4-2-8-17-11-12/h1-9,11H. The van der Waals surface area contributed by atoms with Crippen molar-refractivity contribution in [2.75, 3.05) is 0 Å². The van der Waals surface area contributed by atoms with Crippen molar-refractivity contribution >= 4 is 11.9 Å². The van der Waals surface area contributed by atoms with Crippen LogP contribution in [0.1, 0.15) is 21.5 Å². The van der Waals surface area contributed by atoms with Crippen LogP contribution in [0.4, 0.5) is 0 Å². The largest absolute Gasteiger partial charge is 0.289 e. The smallest absolute Gasteiger partial charge is 0.185 e. The molecule has 86 valence electrons. The van der Waals surface area contributed by atoms with Gasteiger partial charge in [0, 0.05) is 18.0 Å². The zero-order valence-electron chi connectivity index (χ0n) is 9.58. The average molecular weight is 234 g/mol. The summed E-state index contributed by atoms with van der Waals surface area (Å²) in [5.74, 6) is -0.129. The maximum absolute atomic E-state index is 11.9. The van der Waals surface area contributed by atoms with Gasteiger partial charge in [-0.2, -0.15) is 5.26 Å². The third kappa shape index (κ3) is 2.89. The summed E-state index contributed by atoms with van der Waals surface area (Å²) in [5, 5.41) is 8.76. The Kier molecular flexibility index (Phi) is 3.62. The van der Waals surface area contributed by atoms with Crippen molar-refractivity contribution in [3.63, 3.8) is 0 Å². The highest BCUT2D eigenvalue weighted by atomic mass is 16.1.